The molecule has 9 unspecified atom stereocenters. The van der Waals surface area contributed by atoms with Crippen LogP contribution in [0.1, 0.15) is 51.4 Å². The van der Waals surface area contributed by atoms with Crippen LogP contribution in [0.5, 0.6) is 0 Å². The topological polar surface area (TPSA) is 310 Å². The molecule has 0 aromatic heterocycles. The van der Waals surface area contributed by atoms with Crippen LogP contribution in [0.3, 0.4) is 0 Å². The van der Waals surface area contributed by atoms with Gasteiger partial charge in [-0.15, -0.1) is 0 Å². The Balaban J connectivity index is 1.48. The van der Waals surface area contributed by atoms with Gasteiger partial charge >= 0.3 is 5.97 Å². The number of carbonyl (C=O) groups excluding carboxylic acids is 4. The Bertz CT molecular complexity index is 1120. The minimum Gasteiger partial charge on any atom is -0.394 e. The molecule has 13 atom stereocenters. The summed E-state index contributed by atoms with van der Waals surface area (Å²) in [6.07, 6.45) is -16.4. The first kappa shape index (κ1) is 43.9. The molecule has 2 amide bonds. The van der Waals surface area contributed by atoms with Crippen LogP contribution in [0.15, 0.2) is 0 Å². The van der Waals surface area contributed by atoms with Gasteiger partial charge in [-0.3, -0.25) is 9.59 Å². The van der Waals surface area contributed by atoms with Crippen molar-refractivity contribution in [3.05, 3.63) is 0 Å². The largest absolute Gasteiger partial charge is 0.394 e. The van der Waals surface area contributed by atoms with Crippen LogP contribution in [-0.4, -0.2) is 190 Å². The van der Waals surface area contributed by atoms with Crippen LogP contribution >= 0.6 is 0 Å². The Morgan fingerprint density at radius 2 is 1.40 bits per heavy atom. The van der Waals surface area contributed by atoms with Crippen molar-refractivity contribution in [2.24, 2.45) is 0 Å². The lowest BCUT2D eigenvalue weighted by Crippen LogP contribution is -2.60. The Morgan fingerprint density at radius 1 is 0.788 bits per heavy atom. The Labute approximate surface area is 299 Å². The minimum absolute atomic E-state index is 0.0129. The highest BCUT2D eigenvalue weighted by Crippen LogP contribution is 2.30. The lowest BCUT2D eigenvalue weighted by molar-refractivity contribution is -0.332. The van der Waals surface area contributed by atoms with E-state index in [0.29, 0.717) is 19.1 Å². The number of nitrogens with one attached hydrogen (secondary N) is 1. The summed E-state index contributed by atoms with van der Waals surface area (Å²) in [6, 6.07) is 0. The SMILES string of the molecule is CN(OC(=O)CCCCC(=O)NCCOC1CC(O[C@H]2OC(CO)[C@@H](O)C(O)C2O)CC(CO[C@H]2OC(CO)[C@@H](O)C(O)C2O)O1)C(=O)CCC=O. The second-order valence-electron chi connectivity index (χ2n) is 12.6. The molecule has 21 heteroatoms. The molecule has 0 radical (unpaired) electrons. The molecule has 0 aromatic carbocycles. The van der Waals surface area contributed by atoms with E-state index < -0.39 is 105 Å². The second-order valence-corrected chi connectivity index (χ2v) is 12.6. The molecule has 0 bridgehead atoms. The maximum absolute atomic E-state index is 12.3. The molecular formula is C31H52N2O19. The highest BCUT2D eigenvalue weighted by atomic mass is 16.7. The zero-order valence-electron chi connectivity index (χ0n) is 28.8. The quantitative estimate of drug-likeness (QED) is 0.0339. The summed E-state index contributed by atoms with van der Waals surface area (Å²) in [5.41, 5.74) is 0. The third kappa shape index (κ3) is 13.1. The Kier molecular flexibility index (Phi) is 18.6. The summed E-state index contributed by atoms with van der Waals surface area (Å²) in [7, 11) is 1.27. The van der Waals surface area contributed by atoms with Crippen molar-refractivity contribution >= 4 is 24.1 Å². The number of carbonyl (C=O) groups is 4. The molecule has 0 aliphatic carbocycles. The van der Waals surface area contributed by atoms with E-state index in [9.17, 15) is 60.0 Å². The van der Waals surface area contributed by atoms with Gasteiger partial charge in [-0.1, -0.05) is 0 Å². The van der Waals surface area contributed by atoms with Gasteiger partial charge in [0.05, 0.1) is 38.6 Å². The van der Waals surface area contributed by atoms with Gasteiger partial charge in [0.2, 0.25) is 5.91 Å². The van der Waals surface area contributed by atoms with E-state index in [4.69, 9.17) is 33.3 Å². The molecule has 52 heavy (non-hydrogen) atoms. The van der Waals surface area contributed by atoms with Crippen LogP contribution in [0, 0.1) is 0 Å². The maximum Gasteiger partial charge on any atom is 0.332 e. The normalized spacial score (nSPS) is 35.1. The second kappa shape index (κ2) is 22.0. The number of aliphatic hydroxyl groups excluding tert-OH is 8. The van der Waals surface area contributed by atoms with Crippen LogP contribution in [0.4, 0.5) is 0 Å². The number of hydroxylamine groups is 2. The highest BCUT2D eigenvalue weighted by molar-refractivity contribution is 5.79. The van der Waals surface area contributed by atoms with Crippen molar-refractivity contribution in [1.29, 1.82) is 0 Å². The number of aldehydes is 1. The van der Waals surface area contributed by atoms with E-state index in [1.807, 2.05) is 0 Å². The van der Waals surface area contributed by atoms with Gasteiger partial charge in [0.15, 0.2) is 18.9 Å². The van der Waals surface area contributed by atoms with Crippen molar-refractivity contribution in [2.75, 3.05) is 40.0 Å². The fourth-order valence-corrected chi connectivity index (χ4v) is 5.65. The first-order chi connectivity index (χ1) is 24.8. The molecule has 0 saturated carbocycles. The Morgan fingerprint density at radius 3 is 2.04 bits per heavy atom. The summed E-state index contributed by atoms with van der Waals surface area (Å²) < 4.78 is 34.1. The average molecular weight is 757 g/mol. The first-order valence-corrected chi connectivity index (χ1v) is 17.1. The summed E-state index contributed by atoms with van der Waals surface area (Å²) >= 11 is 0. The van der Waals surface area contributed by atoms with Crippen molar-refractivity contribution in [3.8, 4) is 0 Å². The maximum atomic E-state index is 12.3. The summed E-state index contributed by atoms with van der Waals surface area (Å²) in [5, 5.41) is 83.6. The first-order valence-electron chi connectivity index (χ1n) is 17.1. The van der Waals surface area contributed by atoms with E-state index in [1.165, 1.54) is 7.05 Å². The average Bonchev–Trinajstić information content (AvgIpc) is 3.13. The van der Waals surface area contributed by atoms with Gasteiger partial charge in [0, 0.05) is 52.1 Å². The van der Waals surface area contributed by atoms with Crippen molar-refractivity contribution in [3.63, 3.8) is 0 Å². The number of hydrogen-bond acceptors (Lipinski definition) is 19. The lowest BCUT2D eigenvalue weighted by atomic mass is 9.98. The molecule has 3 fully saturated rings. The number of aliphatic hydroxyl groups is 8. The van der Waals surface area contributed by atoms with E-state index in [2.05, 4.69) is 5.32 Å². The van der Waals surface area contributed by atoms with Gasteiger partial charge in [-0.05, 0) is 12.8 Å². The molecule has 21 nitrogen and oxygen atoms in total. The zero-order chi connectivity index (χ0) is 38.4. The predicted octanol–water partition coefficient (Wildman–Crippen LogP) is -4.92. The predicted molar refractivity (Wildman–Crippen MR) is 168 cm³/mol. The molecule has 0 aromatic rings. The van der Waals surface area contributed by atoms with Crippen molar-refractivity contribution in [2.45, 2.75) is 131 Å². The van der Waals surface area contributed by atoms with E-state index in [-0.39, 0.29) is 64.2 Å². The van der Waals surface area contributed by atoms with E-state index >= 15 is 0 Å². The molecule has 3 rings (SSSR count). The van der Waals surface area contributed by atoms with Crippen LogP contribution in [0.25, 0.3) is 0 Å². The number of unbranched alkanes of at least 4 members (excludes halogenated alkanes) is 1. The fourth-order valence-electron chi connectivity index (χ4n) is 5.65. The number of ether oxygens (including phenoxy) is 6. The van der Waals surface area contributed by atoms with Gasteiger partial charge in [-0.2, -0.15) is 5.06 Å². The number of rotatable bonds is 19. The molecule has 300 valence electrons. The molecule has 3 aliphatic rings. The summed E-state index contributed by atoms with van der Waals surface area (Å²) in [5.74, 6) is -1.50. The van der Waals surface area contributed by atoms with Crippen LogP contribution in [-0.2, 0) is 52.4 Å². The van der Waals surface area contributed by atoms with E-state index in [0.717, 1.165) is 5.06 Å². The molecule has 3 saturated heterocycles. The van der Waals surface area contributed by atoms with Gasteiger partial charge in [0.25, 0.3) is 5.91 Å². The molecule has 0 spiro atoms. The third-order valence-corrected chi connectivity index (χ3v) is 8.62. The van der Waals surface area contributed by atoms with Gasteiger partial charge < -0.3 is 84.2 Å². The molecule has 3 aliphatic heterocycles. The smallest absolute Gasteiger partial charge is 0.332 e. The van der Waals surface area contributed by atoms with Crippen molar-refractivity contribution in [1.82, 2.24) is 10.4 Å². The van der Waals surface area contributed by atoms with Crippen LogP contribution < -0.4 is 5.32 Å². The minimum atomic E-state index is -1.68. The van der Waals surface area contributed by atoms with Crippen LogP contribution in [0.2, 0.25) is 0 Å². The number of nitrogens with zero attached hydrogens (tertiary/aromatic N) is 1. The van der Waals surface area contributed by atoms with Gasteiger partial charge in [-0.25, -0.2) is 4.79 Å². The standard InChI is InChI=1S/C31H52N2O19/c1-33(21(38)6-4-9-34)52-22(39)7-3-2-5-20(37)32-8-10-46-23-12-16(49-31-29(45)27(43)25(41)19(14-36)51-31)11-17(48-23)15-47-30-28(44)26(42)24(40)18(13-35)50-30/h9,16-19,23-31,35-36,40-45H,2-8,10-15H2,1H3,(H,32,37)/t16?,17?,18?,19?,23?,24-,25-,26?,27?,28?,29?,30+,31+/m1/s1. The zero-order valence-corrected chi connectivity index (χ0v) is 28.8. The molecule has 3 heterocycles. The highest BCUT2D eigenvalue weighted by Gasteiger charge is 2.47. The van der Waals surface area contributed by atoms with E-state index in [1.54, 1.807) is 0 Å². The Hall–Kier alpha value is -2.48. The third-order valence-electron chi connectivity index (χ3n) is 8.62. The number of hydrogen-bond donors (Lipinski definition) is 9. The number of amides is 2. The summed E-state index contributed by atoms with van der Waals surface area (Å²) in [6.45, 7) is -1.55. The van der Waals surface area contributed by atoms with Crippen molar-refractivity contribution < 1.29 is 93.3 Å². The van der Waals surface area contributed by atoms with Gasteiger partial charge in [0.1, 0.15) is 55.1 Å². The molecule has 9 N–H and O–H groups in total. The monoisotopic (exact) mass is 756 g/mol. The summed E-state index contributed by atoms with van der Waals surface area (Å²) in [4.78, 5) is 51.2. The fraction of sp³-hybridized carbons (Fsp3) is 0.871. The lowest BCUT2D eigenvalue weighted by Gasteiger charge is -2.43. The molecular weight excluding hydrogens is 704 g/mol.